The summed E-state index contributed by atoms with van der Waals surface area (Å²) >= 11 is 0. The number of ether oxygens (including phenoxy) is 1. The molecule has 0 aliphatic carbocycles. The summed E-state index contributed by atoms with van der Waals surface area (Å²) in [5.41, 5.74) is -3.17. The Bertz CT molecular complexity index is 505. The first kappa shape index (κ1) is 16.1. The Morgan fingerprint density at radius 1 is 1.20 bits per heavy atom. The van der Waals surface area contributed by atoms with Crippen LogP contribution in [0.3, 0.4) is 0 Å². The Hall–Kier alpha value is -1.98. The SMILES string of the molecule is CC(C)(C)OC(=O)NC(C)(C=O)c1c(F)cccc1F. The normalized spacial score (nSPS) is 14.3. The van der Waals surface area contributed by atoms with E-state index in [2.05, 4.69) is 5.32 Å². The van der Waals surface area contributed by atoms with Crippen LogP contribution in [0.5, 0.6) is 0 Å². The lowest BCUT2D eigenvalue weighted by Gasteiger charge is -2.28. The van der Waals surface area contributed by atoms with E-state index in [4.69, 9.17) is 4.74 Å². The number of amides is 1. The molecule has 20 heavy (non-hydrogen) atoms. The second-order valence-corrected chi connectivity index (χ2v) is 5.54. The molecule has 0 aromatic heterocycles. The number of carbonyl (C=O) groups is 2. The minimum Gasteiger partial charge on any atom is -0.444 e. The van der Waals surface area contributed by atoms with E-state index in [1.165, 1.54) is 13.0 Å². The smallest absolute Gasteiger partial charge is 0.408 e. The van der Waals surface area contributed by atoms with Gasteiger partial charge < -0.3 is 14.8 Å². The maximum Gasteiger partial charge on any atom is 0.408 e. The van der Waals surface area contributed by atoms with Gasteiger partial charge in [-0.25, -0.2) is 13.6 Å². The van der Waals surface area contributed by atoms with Crippen molar-refractivity contribution in [1.29, 1.82) is 0 Å². The van der Waals surface area contributed by atoms with Gasteiger partial charge in [0.2, 0.25) is 0 Å². The molecular formula is C14H17F2NO3. The first-order valence-corrected chi connectivity index (χ1v) is 6.01. The van der Waals surface area contributed by atoms with E-state index in [1.807, 2.05) is 0 Å². The lowest BCUT2D eigenvalue weighted by molar-refractivity contribution is -0.113. The first-order chi connectivity index (χ1) is 9.09. The molecule has 0 saturated heterocycles. The molecule has 0 aliphatic heterocycles. The number of hydrogen-bond acceptors (Lipinski definition) is 3. The number of rotatable bonds is 3. The number of aldehydes is 1. The highest BCUT2D eigenvalue weighted by molar-refractivity contribution is 5.78. The summed E-state index contributed by atoms with van der Waals surface area (Å²) in [5, 5.41) is 2.19. The fourth-order valence-corrected chi connectivity index (χ4v) is 1.66. The molecule has 1 amide bonds. The lowest BCUT2D eigenvalue weighted by Crippen LogP contribution is -2.48. The van der Waals surface area contributed by atoms with Crippen LogP contribution in [0.15, 0.2) is 18.2 Å². The molecule has 4 nitrogen and oxygen atoms in total. The van der Waals surface area contributed by atoms with Crippen molar-refractivity contribution < 1.29 is 23.1 Å². The summed E-state index contributed by atoms with van der Waals surface area (Å²) in [7, 11) is 0. The van der Waals surface area contributed by atoms with Gasteiger partial charge in [0.1, 0.15) is 29.1 Å². The van der Waals surface area contributed by atoms with Crippen LogP contribution in [-0.2, 0) is 15.1 Å². The molecule has 6 heteroatoms. The van der Waals surface area contributed by atoms with E-state index < -0.39 is 34.4 Å². The molecule has 110 valence electrons. The van der Waals surface area contributed by atoms with Crippen molar-refractivity contribution >= 4 is 12.4 Å². The van der Waals surface area contributed by atoms with Gasteiger partial charge in [0.05, 0.1) is 5.56 Å². The van der Waals surface area contributed by atoms with Crippen molar-refractivity contribution in [3.8, 4) is 0 Å². The molecule has 0 heterocycles. The van der Waals surface area contributed by atoms with Crippen molar-refractivity contribution in [3.63, 3.8) is 0 Å². The molecule has 1 aromatic rings. The van der Waals surface area contributed by atoms with E-state index in [0.717, 1.165) is 12.1 Å². The predicted molar refractivity (Wildman–Crippen MR) is 69.1 cm³/mol. The van der Waals surface area contributed by atoms with Crippen molar-refractivity contribution in [1.82, 2.24) is 5.32 Å². The van der Waals surface area contributed by atoms with E-state index in [1.54, 1.807) is 20.8 Å². The Morgan fingerprint density at radius 3 is 2.10 bits per heavy atom. The summed E-state index contributed by atoms with van der Waals surface area (Å²) in [6, 6.07) is 3.20. The first-order valence-electron chi connectivity index (χ1n) is 6.01. The second kappa shape index (κ2) is 5.56. The third-order valence-electron chi connectivity index (χ3n) is 2.48. The Morgan fingerprint density at radius 2 is 1.70 bits per heavy atom. The van der Waals surface area contributed by atoms with Crippen LogP contribution in [-0.4, -0.2) is 18.0 Å². The predicted octanol–water partition coefficient (Wildman–Crippen LogP) is 2.90. The van der Waals surface area contributed by atoms with E-state index >= 15 is 0 Å². The van der Waals surface area contributed by atoms with E-state index in [0.29, 0.717) is 0 Å². The van der Waals surface area contributed by atoms with Gasteiger partial charge in [0.15, 0.2) is 0 Å². The minimum absolute atomic E-state index is 0.262. The third kappa shape index (κ3) is 3.76. The number of benzene rings is 1. The quantitative estimate of drug-likeness (QED) is 0.869. The number of carbonyl (C=O) groups excluding carboxylic acids is 2. The highest BCUT2D eigenvalue weighted by Gasteiger charge is 2.35. The fraction of sp³-hybridized carbons (Fsp3) is 0.429. The zero-order valence-corrected chi connectivity index (χ0v) is 11.8. The van der Waals surface area contributed by atoms with Crippen LogP contribution in [0.1, 0.15) is 33.3 Å². The van der Waals surface area contributed by atoms with Crippen LogP contribution in [0, 0.1) is 11.6 Å². The Kier molecular flexibility index (Phi) is 4.47. The third-order valence-corrected chi connectivity index (χ3v) is 2.48. The van der Waals surface area contributed by atoms with Crippen molar-refractivity contribution in [2.45, 2.75) is 38.8 Å². The molecule has 1 rings (SSSR count). The van der Waals surface area contributed by atoms with Gasteiger partial charge in [-0.05, 0) is 39.8 Å². The van der Waals surface area contributed by atoms with Crippen molar-refractivity contribution in [2.75, 3.05) is 0 Å². The zero-order valence-electron chi connectivity index (χ0n) is 11.8. The number of hydrogen-bond donors (Lipinski definition) is 1. The highest BCUT2D eigenvalue weighted by atomic mass is 19.1. The largest absolute Gasteiger partial charge is 0.444 e. The number of alkyl carbamates (subject to hydrolysis) is 1. The van der Waals surface area contributed by atoms with Gasteiger partial charge in [-0.3, -0.25) is 0 Å². The molecule has 0 saturated carbocycles. The van der Waals surface area contributed by atoms with Crippen LogP contribution in [0.4, 0.5) is 13.6 Å². The number of halogens is 2. The Labute approximate surface area is 116 Å². The molecule has 0 spiro atoms. The van der Waals surface area contributed by atoms with Crippen LogP contribution in [0.2, 0.25) is 0 Å². The van der Waals surface area contributed by atoms with Gasteiger partial charge in [0.25, 0.3) is 0 Å². The van der Waals surface area contributed by atoms with Gasteiger partial charge in [-0.2, -0.15) is 0 Å². The zero-order chi connectivity index (χ0) is 15.6. The summed E-state index contributed by atoms with van der Waals surface area (Å²) in [5.74, 6) is -1.84. The topological polar surface area (TPSA) is 55.4 Å². The van der Waals surface area contributed by atoms with Gasteiger partial charge in [-0.1, -0.05) is 6.07 Å². The monoisotopic (exact) mass is 285 g/mol. The minimum atomic E-state index is -1.85. The average molecular weight is 285 g/mol. The van der Waals surface area contributed by atoms with E-state index in [9.17, 15) is 18.4 Å². The van der Waals surface area contributed by atoms with Crippen LogP contribution in [0.25, 0.3) is 0 Å². The maximum absolute atomic E-state index is 13.7. The fourth-order valence-electron chi connectivity index (χ4n) is 1.66. The van der Waals surface area contributed by atoms with Crippen LogP contribution >= 0.6 is 0 Å². The molecule has 0 aliphatic rings. The molecule has 1 aromatic carbocycles. The van der Waals surface area contributed by atoms with Crippen molar-refractivity contribution in [2.24, 2.45) is 0 Å². The molecule has 1 atom stereocenters. The summed E-state index contributed by atoms with van der Waals surface area (Å²) in [6.07, 6.45) is -0.673. The van der Waals surface area contributed by atoms with Crippen molar-refractivity contribution in [3.05, 3.63) is 35.4 Å². The molecule has 0 bridgehead atoms. The van der Waals surface area contributed by atoms with Crippen LogP contribution < -0.4 is 5.32 Å². The molecular weight excluding hydrogens is 268 g/mol. The maximum atomic E-state index is 13.7. The standard InChI is InChI=1S/C14H17F2NO3/c1-13(2,3)20-12(19)17-14(4,8-18)11-9(15)6-5-7-10(11)16/h5-8H,1-4H3,(H,17,19). The number of nitrogens with one attached hydrogen (secondary N) is 1. The Balaban J connectivity index is 3.10. The lowest BCUT2D eigenvalue weighted by atomic mass is 9.92. The van der Waals surface area contributed by atoms with Gasteiger partial charge in [0, 0.05) is 0 Å². The van der Waals surface area contributed by atoms with Gasteiger partial charge in [-0.15, -0.1) is 0 Å². The summed E-state index contributed by atoms with van der Waals surface area (Å²) in [6.45, 7) is 6.10. The highest BCUT2D eigenvalue weighted by Crippen LogP contribution is 2.25. The molecule has 1 N–H and O–H groups in total. The second-order valence-electron chi connectivity index (χ2n) is 5.54. The molecule has 0 fully saturated rings. The van der Waals surface area contributed by atoms with Gasteiger partial charge >= 0.3 is 6.09 Å². The average Bonchev–Trinajstić information content (AvgIpc) is 2.25. The molecule has 1 unspecified atom stereocenters. The summed E-state index contributed by atoms with van der Waals surface area (Å²) in [4.78, 5) is 22.9. The molecule has 0 radical (unpaired) electrons. The van der Waals surface area contributed by atoms with E-state index in [-0.39, 0.29) is 6.29 Å². The summed E-state index contributed by atoms with van der Waals surface area (Å²) < 4.78 is 32.4.